The molecule has 0 rings (SSSR count). The molecule has 0 amide bonds. The Kier molecular flexibility index (Phi) is 20.0. The Morgan fingerprint density at radius 1 is 0.680 bits per heavy atom. The first-order valence-electron chi connectivity index (χ1n) is 11.1. The molecule has 0 aliphatic carbocycles. The van der Waals surface area contributed by atoms with Crippen molar-refractivity contribution in [1.29, 1.82) is 0 Å². The van der Waals surface area contributed by atoms with Gasteiger partial charge in [0.15, 0.2) is 0 Å². The Hall–Kier alpha value is -0.180. The number of carboxylic acids is 1. The highest BCUT2D eigenvalue weighted by atomic mass is 32.2. The van der Waals surface area contributed by atoms with E-state index in [1.54, 1.807) is 11.8 Å². The lowest BCUT2D eigenvalue weighted by Gasteiger charge is -2.11. The number of hydrogen-bond donors (Lipinski definition) is 1. The molecule has 1 N–H and O–H groups in total. The van der Waals surface area contributed by atoms with Gasteiger partial charge in [-0.05, 0) is 18.6 Å². The van der Waals surface area contributed by atoms with Gasteiger partial charge in [0.1, 0.15) is 5.25 Å². The molecule has 3 heteroatoms. The summed E-state index contributed by atoms with van der Waals surface area (Å²) in [6.07, 6.45) is 22.2. The van der Waals surface area contributed by atoms with Crippen LogP contribution in [0.4, 0.5) is 0 Å². The highest BCUT2D eigenvalue weighted by Gasteiger charge is 2.16. The van der Waals surface area contributed by atoms with E-state index in [1.165, 1.54) is 89.9 Å². The molecule has 0 saturated heterocycles. The van der Waals surface area contributed by atoms with Gasteiger partial charge in [0.25, 0.3) is 0 Å². The molecule has 0 spiro atoms. The third-order valence-corrected chi connectivity index (χ3v) is 6.28. The van der Waals surface area contributed by atoms with Crippen LogP contribution in [0, 0.1) is 0 Å². The van der Waals surface area contributed by atoms with E-state index < -0.39 is 5.97 Å². The van der Waals surface area contributed by atoms with E-state index >= 15 is 0 Å². The maximum Gasteiger partial charge on any atom is 0.316 e. The van der Waals surface area contributed by atoms with E-state index in [0.29, 0.717) is 0 Å². The number of carbonyl (C=O) groups is 1. The second-order valence-corrected chi connectivity index (χ2v) is 8.75. The van der Waals surface area contributed by atoms with Crippen LogP contribution in [0.25, 0.3) is 0 Å². The van der Waals surface area contributed by atoms with Crippen molar-refractivity contribution < 1.29 is 9.90 Å². The Morgan fingerprint density at radius 3 is 1.48 bits per heavy atom. The van der Waals surface area contributed by atoms with Crippen LogP contribution in [0.5, 0.6) is 0 Å². The van der Waals surface area contributed by atoms with Crippen LogP contribution in [-0.4, -0.2) is 22.1 Å². The number of hydrogen-bond acceptors (Lipinski definition) is 2. The lowest BCUT2D eigenvalue weighted by atomic mass is 10.0. The minimum Gasteiger partial charge on any atom is -0.480 e. The highest BCUT2D eigenvalue weighted by Crippen LogP contribution is 2.20. The molecule has 0 fully saturated rings. The van der Waals surface area contributed by atoms with Gasteiger partial charge in [0.2, 0.25) is 0 Å². The summed E-state index contributed by atoms with van der Waals surface area (Å²) >= 11 is 1.65. The molecule has 0 heterocycles. The van der Waals surface area contributed by atoms with Gasteiger partial charge in [-0.15, -0.1) is 11.8 Å². The second-order valence-electron chi connectivity index (χ2n) is 7.44. The van der Waals surface area contributed by atoms with Gasteiger partial charge in [0, 0.05) is 0 Å². The van der Waals surface area contributed by atoms with Crippen LogP contribution in [0.1, 0.15) is 123 Å². The monoisotopic (exact) mass is 372 g/mol. The van der Waals surface area contributed by atoms with Crippen LogP contribution in [0.15, 0.2) is 0 Å². The number of thioether (sulfide) groups is 1. The molecule has 0 saturated carbocycles. The summed E-state index contributed by atoms with van der Waals surface area (Å²) < 4.78 is 0. The minimum atomic E-state index is -0.621. The predicted molar refractivity (Wildman–Crippen MR) is 114 cm³/mol. The Labute approximate surface area is 161 Å². The van der Waals surface area contributed by atoms with Crippen molar-refractivity contribution in [3.05, 3.63) is 0 Å². The fourth-order valence-electron chi connectivity index (χ4n) is 3.19. The smallest absolute Gasteiger partial charge is 0.316 e. The molecule has 25 heavy (non-hydrogen) atoms. The summed E-state index contributed by atoms with van der Waals surface area (Å²) in [6, 6.07) is 0. The quantitative estimate of drug-likeness (QED) is 0.221. The van der Waals surface area contributed by atoms with Crippen LogP contribution in [-0.2, 0) is 4.79 Å². The number of unbranched alkanes of at least 4 members (excludes halogenated alkanes) is 14. The molecule has 1 unspecified atom stereocenters. The third-order valence-electron chi connectivity index (χ3n) is 4.91. The van der Waals surface area contributed by atoms with E-state index in [2.05, 4.69) is 13.8 Å². The summed E-state index contributed by atoms with van der Waals surface area (Å²) in [5.41, 5.74) is 0. The van der Waals surface area contributed by atoms with Crippen molar-refractivity contribution in [2.45, 2.75) is 128 Å². The normalized spacial score (nSPS) is 12.4. The van der Waals surface area contributed by atoms with Crippen molar-refractivity contribution in [2.24, 2.45) is 0 Å². The molecule has 0 aliphatic rings. The van der Waals surface area contributed by atoms with Crippen molar-refractivity contribution in [1.82, 2.24) is 0 Å². The second kappa shape index (κ2) is 20.1. The van der Waals surface area contributed by atoms with Crippen molar-refractivity contribution in [2.75, 3.05) is 5.75 Å². The van der Waals surface area contributed by atoms with Gasteiger partial charge in [-0.2, -0.15) is 0 Å². The first kappa shape index (κ1) is 24.8. The molecule has 0 bridgehead atoms. The highest BCUT2D eigenvalue weighted by molar-refractivity contribution is 8.00. The van der Waals surface area contributed by atoms with Gasteiger partial charge in [-0.1, -0.05) is 110 Å². The van der Waals surface area contributed by atoms with E-state index in [9.17, 15) is 9.90 Å². The van der Waals surface area contributed by atoms with E-state index in [-0.39, 0.29) is 5.25 Å². The third kappa shape index (κ3) is 18.4. The zero-order chi connectivity index (χ0) is 18.6. The topological polar surface area (TPSA) is 37.3 Å². The molecule has 0 aromatic heterocycles. The largest absolute Gasteiger partial charge is 0.480 e. The van der Waals surface area contributed by atoms with Gasteiger partial charge in [0.05, 0.1) is 0 Å². The molecular formula is C22H44O2S. The fourth-order valence-corrected chi connectivity index (χ4v) is 4.32. The molecule has 1 atom stereocenters. The van der Waals surface area contributed by atoms with E-state index in [0.717, 1.165) is 25.0 Å². The van der Waals surface area contributed by atoms with Gasteiger partial charge in [-0.25, -0.2) is 0 Å². The summed E-state index contributed by atoms with van der Waals surface area (Å²) in [6.45, 7) is 4.40. The molecule has 0 radical (unpaired) electrons. The van der Waals surface area contributed by atoms with Crippen molar-refractivity contribution in [3.8, 4) is 0 Å². The fraction of sp³-hybridized carbons (Fsp3) is 0.955. The zero-order valence-corrected chi connectivity index (χ0v) is 17.9. The maximum absolute atomic E-state index is 11.2. The van der Waals surface area contributed by atoms with E-state index in [4.69, 9.17) is 0 Å². The summed E-state index contributed by atoms with van der Waals surface area (Å²) in [7, 11) is 0. The SMILES string of the molecule is CCCCCCCCCCCCCCCCSC(CCCC)C(=O)O. The van der Waals surface area contributed by atoms with E-state index in [1.807, 2.05) is 0 Å². The summed E-state index contributed by atoms with van der Waals surface area (Å²) in [4.78, 5) is 11.2. The molecule has 2 nitrogen and oxygen atoms in total. The van der Waals surface area contributed by atoms with Crippen LogP contribution in [0.3, 0.4) is 0 Å². The van der Waals surface area contributed by atoms with Crippen molar-refractivity contribution in [3.63, 3.8) is 0 Å². The Morgan fingerprint density at radius 2 is 1.08 bits per heavy atom. The lowest BCUT2D eigenvalue weighted by molar-refractivity contribution is -0.136. The molecular weight excluding hydrogens is 328 g/mol. The molecule has 150 valence electrons. The van der Waals surface area contributed by atoms with Crippen LogP contribution in [0.2, 0.25) is 0 Å². The predicted octanol–water partition coefficient (Wildman–Crippen LogP) is 7.84. The number of rotatable bonds is 20. The summed E-state index contributed by atoms with van der Waals surface area (Å²) in [5, 5.41) is 9.02. The zero-order valence-electron chi connectivity index (χ0n) is 17.1. The lowest BCUT2D eigenvalue weighted by Crippen LogP contribution is -2.16. The average Bonchev–Trinajstić information content (AvgIpc) is 2.60. The van der Waals surface area contributed by atoms with Gasteiger partial charge < -0.3 is 5.11 Å². The minimum absolute atomic E-state index is 0.179. The first-order valence-corrected chi connectivity index (χ1v) is 12.1. The number of carboxylic acid groups (broad SMARTS) is 1. The molecule has 0 aliphatic heterocycles. The van der Waals surface area contributed by atoms with Crippen LogP contribution < -0.4 is 0 Å². The van der Waals surface area contributed by atoms with Gasteiger partial charge in [-0.3, -0.25) is 4.79 Å². The van der Waals surface area contributed by atoms with Gasteiger partial charge >= 0.3 is 5.97 Å². The van der Waals surface area contributed by atoms with Crippen molar-refractivity contribution >= 4 is 17.7 Å². The number of aliphatic carboxylic acids is 1. The summed E-state index contributed by atoms with van der Waals surface area (Å²) in [5.74, 6) is 0.391. The first-order chi connectivity index (χ1) is 12.2. The standard InChI is InChI=1S/C22H44O2S/c1-3-5-7-8-9-10-11-12-13-14-15-16-17-18-20-25-21(22(23)24)19-6-4-2/h21H,3-20H2,1-2H3,(H,23,24). The van der Waals surface area contributed by atoms with Crippen LogP contribution >= 0.6 is 11.8 Å². The average molecular weight is 373 g/mol. The Balaban J connectivity index is 3.24. The maximum atomic E-state index is 11.2. The Bertz CT molecular complexity index is 281. The molecule has 0 aromatic carbocycles. The molecule has 0 aromatic rings.